The fourth-order valence-electron chi connectivity index (χ4n) is 0.940. The van der Waals surface area contributed by atoms with Gasteiger partial charge in [-0.3, -0.25) is 4.94 Å². The average Bonchev–Trinajstić information content (AvgIpc) is 2.18. The van der Waals surface area contributed by atoms with Crippen LogP contribution in [0, 0.1) is 0 Å². The Labute approximate surface area is 91.7 Å². The third-order valence-corrected chi connectivity index (χ3v) is 2.30. The summed E-state index contributed by atoms with van der Waals surface area (Å²) in [6.45, 7) is -1.75. The van der Waals surface area contributed by atoms with Crippen LogP contribution >= 0.6 is 0 Å². The van der Waals surface area contributed by atoms with Gasteiger partial charge in [-0.25, -0.2) is 17.2 Å². The van der Waals surface area contributed by atoms with E-state index in [1.54, 1.807) is 0 Å². The van der Waals surface area contributed by atoms with Gasteiger partial charge in [0.1, 0.15) is 0 Å². The Hall–Kier alpha value is -1.24. The molecular weight excluding hydrogens is 245 g/mol. The van der Waals surface area contributed by atoms with E-state index in [-0.39, 0.29) is 11.5 Å². The van der Waals surface area contributed by atoms with Crippen molar-refractivity contribution in [1.82, 2.24) is 0 Å². The van der Waals surface area contributed by atoms with Crippen LogP contribution in [0.1, 0.15) is 5.56 Å². The molecule has 1 aromatic carbocycles. The molecule has 0 bridgehead atoms. The van der Waals surface area contributed by atoms with Crippen molar-refractivity contribution in [2.45, 2.75) is 5.75 Å². The minimum Gasteiger partial charge on any atom is -0.294 e. The van der Waals surface area contributed by atoms with Crippen LogP contribution in [0.4, 0.5) is 13.3 Å². The lowest BCUT2D eigenvalue weighted by Gasteiger charge is -1.99. The highest BCUT2D eigenvalue weighted by Crippen LogP contribution is 2.13. The number of rotatable bonds is 3. The highest BCUT2D eigenvalue weighted by atomic mass is 32.2. The van der Waals surface area contributed by atoms with Crippen LogP contribution < -0.4 is 4.94 Å². The summed E-state index contributed by atoms with van der Waals surface area (Å²) in [5.74, 6) is 0.0248. The Morgan fingerprint density at radius 1 is 1.19 bits per heavy atom. The zero-order valence-corrected chi connectivity index (χ0v) is 9.31. The second-order valence-electron chi connectivity index (χ2n) is 2.89. The Morgan fingerprint density at radius 2 is 1.62 bits per heavy atom. The normalized spacial score (nSPS) is 10.2. The Bertz CT molecular complexity index is 389. The summed E-state index contributed by atoms with van der Waals surface area (Å²) in [4.78, 5) is 3.45. The lowest BCUT2D eigenvalue weighted by molar-refractivity contribution is -0.00621. The van der Waals surface area contributed by atoms with Crippen LogP contribution in [-0.4, -0.2) is 21.6 Å². The van der Waals surface area contributed by atoms with E-state index < -0.39 is 16.8 Å². The maximum absolute atomic E-state index is 11.6. The molecule has 7 heteroatoms. The lowest BCUT2D eigenvalue weighted by atomic mass is 10.2. The third kappa shape index (κ3) is 7.10. The molecule has 0 aliphatic heterocycles. The highest BCUT2D eigenvalue weighted by molar-refractivity contribution is 7.89. The third-order valence-electron chi connectivity index (χ3n) is 1.44. The van der Waals surface area contributed by atoms with Crippen molar-refractivity contribution in [3.63, 3.8) is 0 Å². The summed E-state index contributed by atoms with van der Waals surface area (Å²) in [6.07, 6.45) is 1.15. The first kappa shape index (κ1) is 14.8. The van der Waals surface area contributed by atoms with E-state index in [9.17, 15) is 21.7 Å². The van der Waals surface area contributed by atoms with Crippen LogP contribution in [-0.2, 0) is 15.6 Å². The molecule has 0 N–H and O–H groups in total. The number of halogens is 3. The van der Waals surface area contributed by atoms with Crippen LogP contribution in [0.2, 0.25) is 0 Å². The van der Waals surface area contributed by atoms with E-state index >= 15 is 0 Å². The molecule has 0 heterocycles. The first-order valence-electron chi connectivity index (χ1n) is 4.10. The molecule has 92 valence electrons. The highest BCUT2D eigenvalue weighted by Gasteiger charge is 2.04. The molecule has 16 heavy (non-hydrogen) atoms. The van der Waals surface area contributed by atoms with E-state index in [2.05, 4.69) is 4.94 Å². The number of hydrogen-bond acceptors (Lipinski definition) is 3. The number of alkyl halides is 2. The molecule has 0 radical (unpaired) electrons. The Morgan fingerprint density at radius 3 is 1.94 bits per heavy atom. The molecule has 1 rings (SSSR count). The van der Waals surface area contributed by atoms with Crippen LogP contribution in [0.3, 0.4) is 0 Å². The number of sulfone groups is 1. The second-order valence-corrected chi connectivity index (χ2v) is 5.03. The number of hydrogen-bond donors (Lipinski definition) is 0. The van der Waals surface area contributed by atoms with Crippen molar-refractivity contribution < 1.29 is 26.7 Å². The van der Waals surface area contributed by atoms with Gasteiger partial charge < -0.3 is 0 Å². The van der Waals surface area contributed by atoms with Gasteiger partial charge in [-0.05, 0) is 17.7 Å². The van der Waals surface area contributed by atoms with Gasteiger partial charge in [0.25, 0.3) is 0 Å². The molecule has 0 unspecified atom stereocenters. The van der Waals surface area contributed by atoms with E-state index in [0.717, 1.165) is 6.26 Å². The smallest absolute Gasteiger partial charge is 0.229 e. The van der Waals surface area contributed by atoms with E-state index in [4.69, 9.17) is 0 Å². The monoisotopic (exact) mass is 256 g/mol. The summed E-state index contributed by atoms with van der Waals surface area (Å²) in [7, 11) is -3.03. The largest absolute Gasteiger partial charge is 0.294 e. The minimum atomic E-state index is -3.03. The summed E-state index contributed by atoms with van der Waals surface area (Å²) < 4.78 is 52.5. The first-order chi connectivity index (χ1) is 7.42. The fraction of sp³-hybridized carbons (Fsp3) is 0.333. The molecule has 0 amide bonds. The molecule has 0 spiro atoms. The predicted molar refractivity (Wildman–Crippen MR) is 53.8 cm³/mol. The summed E-state index contributed by atoms with van der Waals surface area (Å²) in [6, 6.07) is 5.77. The molecule has 0 fully saturated rings. The Balaban J connectivity index is 0.000000673. The van der Waals surface area contributed by atoms with Gasteiger partial charge in [0, 0.05) is 10.8 Å². The second kappa shape index (κ2) is 7.10. The van der Waals surface area contributed by atoms with Crippen molar-refractivity contribution in [3.05, 3.63) is 29.8 Å². The molecule has 0 saturated heterocycles. The van der Waals surface area contributed by atoms with Gasteiger partial charge in [-0.1, -0.05) is 12.1 Å². The van der Waals surface area contributed by atoms with E-state index in [1.165, 1.54) is 24.3 Å². The number of benzene rings is 1. The van der Waals surface area contributed by atoms with Gasteiger partial charge in [-0.15, -0.1) is 0 Å². The van der Waals surface area contributed by atoms with Gasteiger partial charge in [-0.2, -0.15) is 0 Å². The molecule has 0 aliphatic carbocycles. The molecular formula is C9H11F3O3S. The minimum absolute atomic E-state index is 0.0421. The zero-order valence-electron chi connectivity index (χ0n) is 8.49. The van der Waals surface area contributed by atoms with Gasteiger partial charge in [0.05, 0.1) is 5.75 Å². The van der Waals surface area contributed by atoms with Crippen molar-refractivity contribution in [1.29, 1.82) is 0 Å². The average molecular weight is 256 g/mol. The van der Waals surface area contributed by atoms with Crippen molar-refractivity contribution in [3.8, 4) is 5.75 Å². The summed E-state index contributed by atoms with van der Waals surface area (Å²) in [5.41, 5.74) is 0.614. The predicted octanol–water partition coefficient (Wildman–Crippen LogP) is 2.38. The fourth-order valence-corrected chi connectivity index (χ4v) is 1.74. The zero-order chi connectivity index (χ0) is 12.6. The SMILES string of the molecule is CS(=O)(=O)Cc1ccc(OF)cc1.FCF. The van der Waals surface area contributed by atoms with Crippen molar-refractivity contribution >= 4 is 9.84 Å². The van der Waals surface area contributed by atoms with Gasteiger partial charge in [0.2, 0.25) is 6.93 Å². The Kier molecular flexibility index (Phi) is 6.55. The van der Waals surface area contributed by atoms with Crippen LogP contribution in [0.15, 0.2) is 24.3 Å². The quantitative estimate of drug-likeness (QED) is 0.834. The van der Waals surface area contributed by atoms with Crippen molar-refractivity contribution in [2.24, 2.45) is 0 Å². The molecule has 0 saturated carbocycles. The van der Waals surface area contributed by atoms with E-state index in [1.807, 2.05) is 0 Å². The van der Waals surface area contributed by atoms with Crippen molar-refractivity contribution in [2.75, 3.05) is 13.2 Å². The summed E-state index contributed by atoms with van der Waals surface area (Å²) in [5, 5.41) is 0. The van der Waals surface area contributed by atoms with Crippen LogP contribution in [0.5, 0.6) is 5.75 Å². The van der Waals surface area contributed by atoms with Gasteiger partial charge >= 0.3 is 0 Å². The molecule has 0 aliphatic rings. The lowest BCUT2D eigenvalue weighted by Crippen LogP contribution is -2.00. The molecule has 0 aromatic heterocycles. The van der Waals surface area contributed by atoms with E-state index in [0.29, 0.717) is 5.56 Å². The maximum atomic E-state index is 11.6. The molecule has 3 nitrogen and oxygen atoms in total. The van der Waals surface area contributed by atoms with Gasteiger partial charge in [0.15, 0.2) is 15.6 Å². The molecule has 1 aromatic rings. The maximum Gasteiger partial charge on any atom is 0.229 e. The van der Waals surface area contributed by atoms with Crippen LogP contribution in [0.25, 0.3) is 0 Å². The molecule has 0 atom stereocenters. The summed E-state index contributed by atoms with van der Waals surface area (Å²) >= 11 is 0. The standard InChI is InChI=1S/C8H9FO3S.CH2F2/c1-13(10,11)6-7-2-4-8(12-9)5-3-7;2-1-3/h2-5H,6H2,1H3;1H2. The first-order valence-corrected chi connectivity index (χ1v) is 6.16. The topological polar surface area (TPSA) is 43.4 Å².